The van der Waals surface area contributed by atoms with Crippen molar-refractivity contribution in [1.82, 2.24) is 4.98 Å². The molecule has 2 rings (SSSR count). The first kappa shape index (κ1) is 11.4. The molecular formula is C9H7F3N2S2. The van der Waals surface area contributed by atoms with Crippen molar-refractivity contribution in [2.45, 2.75) is 11.2 Å². The molecule has 7 heteroatoms. The second kappa shape index (κ2) is 3.74. The highest BCUT2D eigenvalue weighted by molar-refractivity contribution is 7.80. The maximum atomic E-state index is 12.6. The predicted octanol–water partition coefficient (Wildman–Crippen LogP) is 3.63. The van der Waals surface area contributed by atoms with Crippen molar-refractivity contribution in [2.75, 3.05) is 5.73 Å². The molecule has 86 valence electrons. The number of thiophene rings is 1. The van der Waals surface area contributed by atoms with E-state index in [2.05, 4.69) is 17.6 Å². The lowest BCUT2D eigenvalue weighted by molar-refractivity contribution is -0.133. The monoisotopic (exact) mass is 264 g/mol. The van der Waals surface area contributed by atoms with Crippen LogP contribution in [0.4, 0.5) is 18.9 Å². The fourth-order valence-electron chi connectivity index (χ4n) is 1.39. The Morgan fingerprint density at radius 1 is 1.31 bits per heavy atom. The molecule has 0 aromatic carbocycles. The number of alkyl halides is 3. The van der Waals surface area contributed by atoms with Gasteiger partial charge in [-0.2, -0.15) is 13.2 Å². The Kier molecular flexibility index (Phi) is 2.67. The van der Waals surface area contributed by atoms with Crippen LogP contribution in [0.1, 0.15) is 4.88 Å². The highest BCUT2D eigenvalue weighted by Gasteiger charge is 2.35. The minimum Gasteiger partial charge on any atom is -0.396 e. The summed E-state index contributed by atoms with van der Waals surface area (Å²) in [4.78, 5) is 2.03. The van der Waals surface area contributed by atoms with Gasteiger partial charge in [0.25, 0.3) is 0 Å². The van der Waals surface area contributed by atoms with E-state index in [0.29, 0.717) is 21.9 Å². The molecule has 0 atom stereocenters. The minimum absolute atomic E-state index is 0.0894. The zero-order chi connectivity index (χ0) is 11.9. The van der Waals surface area contributed by atoms with Crippen LogP contribution in [0.5, 0.6) is 0 Å². The second-order valence-corrected chi connectivity index (χ2v) is 4.49. The molecule has 3 N–H and O–H groups in total. The molecule has 16 heavy (non-hydrogen) atoms. The van der Waals surface area contributed by atoms with Gasteiger partial charge in [0.05, 0.1) is 10.7 Å². The number of nitrogens with two attached hydrogens (primary N) is 1. The molecule has 0 unspecified atom stereocenters. The van der Waals surface area contributed by atoms with Crippen molar-refractivity contribution in [1.29, 1.82) is 0 Å². The third-order valence-electron chi connectivity index (χ3n) is 2.11. The van der Waals surface area contributed by atoms with Gasteiger partial charge in [0.15, 0.2) is 0 Å². The summed E-state index contributed by atoms with van der Waals surface area (Å²) in [6.07, 6.45) is -2.93. The Labute approximate surface area is 98.7 Å². The molecule has 0 saturated heterocycles. The summed E-state index contributed by atoms with van der Waals surface area (Å²) in [6, 6.07) is 1.40. The van der Waals surface area contributed by atoms with Crippen molar-refractivity contribution in [3.8, 4) is 11.1 Å². The van der Waals surface area contributed by atoms with Crippen molar-refractivity contribution in [3.05, 3.63) is 22.5 Å². The average Bonchev–Trinajstić information content (AvgIpc) is 2.74. The fraction of sp³-hybridized carbons (Fsp3) is 0.111. The summed E-state index contributed by atoms with van der Waals surface area (Å²) in [7, 11) is 0. The maximum Gasteiger partial charge on any atom is 0.426 e. The van der Waals surface area contributed by atoms with Crippen LogP contribution >= 0.6 is 24.0 Å². The van der Waals surface area contributed by atoms with Crippen molar-refractivity contribution >= 4 is 29.7 Å². The van der Waals surface area contributed by atoms with E-state index in [4.69, 9.17) is 5.73 Å². The number of aromatic nitrogens is 1. The van der Waals surface area contributed by atoms with E-state index >= 15 is 0 Å². The van der Waals surface area contributed by atoms with E-state index in [1.54, 1.807) is 0 Å². The maximum absolute atomic E-state index is 12.6. The number of thiol groups is 1. The summed E-state index contributed by atoms with van der Waals surface area (Å²) in [5, 5.41) is 1.76. The molecule has 0 spiro atoms. The molecule has 0 aliphatic carbocycles. The lowest BCUT2D eigenvalue weighted by atomic mass is 10.1. The quantitative estimate of drug-likeness (QED) is 0.676. The number of nitrogen functional groups attached to an aromatic ring is 1. The zero-order valence-electron chi connectivity index (χ0n) is 7.80. The van der Waals surface area contributed by atoms with Crippen molar-refractivity contribution in [3.63, 3.8) is 0 Å². The normalized spacial score (nSPS) is 12.0. The largest absolute Gasteiger partial charge is 0.426 e. The molecule has 2 aromatic heterocycles. The first-order valence-electron chi connectivity index (χ1n) is 4.22. The molecule has 2 aromatic rings. The van der Waals surface area contributed by atoms with Gasteiger partial charge in [-0.05, 0) is 11.4 Å². The van der Waals surface area contributed by atoms with Crippen LogP contribution in [0.2, 0.25) is 0 Å². The fourth-order valence-corrected chi connectivity index (χ4v) is 2.35. The molecule has 0 saturated carbocycles. The molecule has 0 amide bonds. The zero-order valence-corrected chi connectivity index (χ0v) is 9.51. The number of hydrogen-bond donors (Lipinski definition) is 3. The van der Waals surface area contributed by atoms with Crippen molar-refractivity contribution < 1.29 is 13.2 Å². The van der Waals surface area contributed by atoms with Gasteiger partial charge in [-0.1, -0.05) is 0 Å². The first-order chi connectivity index (χ1) is 7.41. The Balaban J connectivity index is 2.58. The highest BCUT2D eigenvalue weighted by Crippen LogP contribution is 2.43. The summed E-state index contributed by atoms with van der Waals surface area (Å²) in [6.45, 7) is 0. The predicted molar refractivity (Wildman–Crippen MR) is 60.8 cm³/mol. The van der Waals surface area contributed by atoms with Crippen LogP contribution in [0.3, 0.4) is 0 Å². The Morgan fingerprint density at radius 3 is 2.50 bits per heavy atom. The Hall–Kier alpha value is -1.08. The molecule has 0 aliphatic rings. The Morgan fingerprint density at radius 2 is 2.00 bits per heavy atom. The number of rotatable bonds is 1. The molecule has 0 bridgehead atoms. The first-order valence-corrected chi connectivity index (χ1v) is 5.55. The van der Waals surface area contributed by atoms with Crippen LogP contribution < -0.4 is 5.73 Å². The van der Waals surface area contributed by atoms with Gasteiger partial charge in [-0.15, -0.1) is 24.0 Å². The third kappa shape index (κ3) is 1.80. The number of hydrogen-bond acceptors (Lipinski definition) is 3. The lowest BCUT2D eigenvalue weighted by Crippen LogP contribution is -2.03. The van der Waals surface area contributed by atoms with E-state index in [0.717, 1.165) is 0 Å². The standard InChI is InChI=1S/C9H7F3N2S2/c10-9(11,12)7-4(1-2-16-7)5-3-14-8(15)6(5)13/h1-3,14-15H,13H2. The van der Waals surface area contributed by atoms with Gasteiger partial charge < -0.3 is 10.7 Å². The lowest BCUT2D eigenvalue weighted by Gasteiger charge is -2.07. The van der Waals surface area contributed by atoms with E-state index < -0.39 is 11.1 Å². The molecule has 0 radical (unpaired) electrons. The number of aromatic amines is 1. The van der Waals surface area contributed by atoms with Gasteiger partial charge >= 0.3 is 6.18 Å². The summed E-state index contributed by atoms with van der Waals surface area (Å²) >= 11 is 4.65. The van der Waals surface area contributed by atoms with Gasteiger partial charge in [0, 0.05) is 17.3 Å². The molecular weight excluding hydrogens is 257 g/mol. The van der Waals surface area contributed by atoms with Crippen molar-refractivity contribution in [2.24, 2.45) is 0 Å². The van der Waals surface area contributed by atoms with Gasteiger partial charge in [0.2, 0.25) is 0 Å². The second-order valence-electron chi connectivity index (χ2n) is 3.13. The van der Waals surface area contributed by atoms with Crippen LogP contribution in [0.15, 0.2) is 22.7 Å². The minimum atomic E-state index is -4.36. The molecule has 0 fully saturated rings. The Bertz CT molecular complexity index is 513. The summed E-state index contributed by atoms with van der Waals surface area (Å²) < 4.78 is 37.9. The average molecular weight is 264 g/mol. The highest BCUT2D eigenvalue weighted by atomic mass is 32.1. The van der Waals surface area contributed by atoms with Gasteiger partial charge in [-0.3, -0.25) is 0 Å². The number of H-pyrrole nitrogens is 1. The topological polar surface area (TPSA) is 41.8 Å². The van der Waals surface area contributed by atoms with Gasteiger partial charge in [-0.25, -0.2) is 0 Å². The summed E-state index contributed by atoms with van der Waals surface area (Å²) in [5.41, 5.74) is 6.29. The molecule has 0 aliphatic heterocycles. The SMILES string of the molecule is Nc1c(-c2ccsc2C(F)(F)F)c[nH]c1S. The third-order valence-corrected chi connectivity index (χ3v) is 3.44. The van der Waals surface area contributed by atoms with E-state index in [9.17, 15) is 13.2 Å². The number of anilines is 1. The van der Waals surface area contributed by atoms with E-state index in [1.165, 1.54) is 17.6 Å². The van der Waals surface area contributed by atoms with Crippen LogP contribution in [0.25, 0.3) is 11.1 Å². The summed E-state index contributed by atoms with van der Waals surface area (Å²) in [5.74, 6) is 0. The molecule has 2 heterocycles. The van der Waals surface area contributed by atoms with Crippen LogP contribution in [0, 0.1) is 0 Å². The number of nitrogens with one attached hydrogen (secondary N) is 1. The van der Waals surface area contributed by atoms with E-state index in [-0.39, 0.29) is 11.3 Å². The smallest absolute Gasteiger partial charge is 0.396 e. The van der Waals surface area contributed by atoms with Crippen LogP contribution in [-0.2, 0) is 6.18 Å². The van der Waals surface area contributed by atoms with E-state index in [1.807, 2.05) is 0 Å². The number of halogens is 3. The van der Waals surface area contributed by atoms with Gasteiger partial charge in [0.1, 0.15) is 4.88 Å². The molecule has 2 nitrogen and oxygen atoms in total. The van der Waals surface area contributed by atoms with Crippen LogP contribution in [-0.4, -0.2) is 4.98 Å².